The molecular weight excluding hydrogens is 398 g/mol. The Hall–Kier alpha value is -4.43. The van der Waals surface area contributed by atoms with E-state index in [9.17, 15) is 10.1 Å². The van der Waals surface area contributed by atoms with Crippen LogP contribution >= 0.6 is 0 Å². The number of carbonyl (C=O) groups excluding carboxylic acids is 1. The molecule has 5 nitrogen and oxygen atoms in total. The number of nitriles is 1. The molecule has 0 bridgehead atoms. The summed E-state index contributed by atoms with van der Waals surface area (Å²) >= 11 is 0. The predicted molar refractivity (Wildman–Crippen MR) is 126 cm³/mol. The Morgan fingerprint density at radius 3 is 2.59 bits per heavy atom. The zero-order chi connectivity index (χ0) is 22.5. The number of nitrogens with one attached hydrogen (secondary N) is 1. The topological polar surface area (TPSA) is 78.8 Å². The molecule has 4 aromatic rings. The standard InChI is InChI=1S/C27H21N3O2/c1-3-22(19-11-9-18(16-28)10-12-19)27(20-13-14-24-21(15-20)17-29-30-24)23-7-5-6-8-25(23)32-26(31)4-2/h4-15,17H,2-3H2,1H3,(H,29,30)/b27-22+. The van der Waals surface area contributed by atoms with E-state index in [1.165, 1.54) is 0 Å². The second kappa shape index (κ2) is 9.15. The fraction of sp³-hybridized carbons (Fsp3) is 0.0741. The monoisotopic (exact) mass is 419 g/mol. The number of fused-ring (bicyclic) bond motifs is 1. The molecule has 0 aliphatic rings. The lowest BCUT2D eigenvalue weighted by molar-refractivity contribution is -0.128. The van der Waals surface area contributed by atoms with Crippen molar-refractivity contribution in [2.24, 2.45) is 0 Å². The molecule has 5 heteroatoms. The number of carbonyl (C=O) groups is 1. The van der Waals surface area contributed by atoms with Crippen LogP contribution in [0.2, 0.25) is 0 Å². The van der Waals surface area contributed by atoms with E-state index in [2.05, 4.69) is 35.8 Å². The van der Waals surface area contributed by atoms with E-state index in [1.807, 2.05) is 54.6 Å². The van der Waals surface area contributed by atoms with Crippen molar-refractivity contribution in [3.05, 3.63) is 108 Å². The molecule has 0 radical (unpaired) electrons. The normalized spacial score (nSPS) is 11.5. The van der Waals surface area contributed by atoms with Crippen LogP contribution in [0.4, 0.5) is 0 Å². The molecule has 0 amide bonds. The third-order valence-corrected chi connectivity index (χ3v) is 5.28. The second-order valence-corrected chi connectivity index (χ2v) is 7.19. The maximum Gasteiger partial charge on any atom is 0.335 e. The number of hydrogen-bond donors (Lipinski definition) is 1. The van der Waals surface area contributed by atoms with Crippen LogP contribution < -0.4 is 4.74 Å². The van der Waals surface area contributed by atoms with Crippen LogP contribution in [0.1, 0.15) is 35.6 Å². The van der Waals surface area contributed by atoms with Crippen LogP contribution in [0, 0.1) is 11.3 Å². The third-order valence-electron chi connectivity index (χ3n) is 5.28. The summed E-state index contributed by atoms with van der Waals surface area (Å²) in [6.07, 6.45) is 3.67. The third kappa shape index (κ3) is 4.07. The largest absolute Gasteiger partial charge is 0.423 e. The summed E-state index contributed by atoms with van der Waals surface area (Å²) < 4.78 is 5.58. The first-order valence-electron chi connectivity index (χ1n) is 10.3. The van der Waals surface area contributed by atoms with Crippen molar-refractivity contribution in [3.63, 3.8) is 0 Å². The highest BCUT2D eigenvalue weighted by atomic mass is 16.5. The van der Waals surface area contributed by atoms with Crippen molar-refractivity contribution in [1.29, 1.82) is 5.26 Å². The van der Waals surface area contributed by atoms with Gasteiger partial charge in [0, 0.05) is 17.0 Å². The van der Waals surface area contributed by atoms with E-state index in [0.29, 0.717) is 11.3 Å². The molecule has 1 heterocycles. The summed E-state index contributed by atoms with van der Waals surface area (Å²) in [5, 5.41) is 17.3. The van der Waals surface area contributed by atoms with Gasteiger partial charge in [-0.2, -0.15) is 10.4 Å². The summed E-state index contributed by atoms with van der Waals surface area (Å²) in [7, 11) is 0. The molecule has 0 aliphatic heterocycles. The van der Waals surface area contributed by atoms with Gasteiger partial charge in [0.2, 0.25) is 0 Å². The number of aromatic nitrogens is 2. The number of ether oxygens (including phenoxy) is 1. The zero-order valence-electron chi connectivity index (χ0n) is 17.6. The van der Waals surface area contributed by atoms with Gasteiger partial charge < -0.3 is 4.74 Å². The van der Waals surface area contributed by atoms with Gasteiger partial charge in [0.1, 0.15) is 5.75 Å². The van der Waals surface area contributed by atoms with Crippen molar-refractivity contribution in [3.8, 4) is 11.8 Å². The molecule has 1 aromatic heterocycles. The minimum Gasteiger partial charge on any atom is -0.423 e. The fourth-order valence-corrected chi connectivity index (χ4v) is 3.77. The number of benzene rings is 3. The Balaban J connectivity index is 2.00. The first-order valence-corrected chi connectivity index (χ1v) is 10.3. The minimum atomic E-state index is -0.515. The Labute approximate surface area is 186 Å². The van der Waals surface area contributed by atoms with Gasteiger partial charge in [0.25, 0.3) is 0 Å². The van der Waals surface area contributed by atoms with E-state index in [4.69, 9.17) is 4.74 Å². The van der Waals surface area contributed by atoms with Gasteiger partial charge in [0.15, 0.2) is 0 Å². The van der Waals surface area contributed by atoms with Gasteiger partial charge in [-0.1, -0.05) is 49.9 Å². The van der Waals surface area contributed by atoms with Crippen LogP contribution in [-0.2, 0) is 4.79 Å². The minimum absolute atomic E-state index is 0.458. The molecule has 0 unspecified atom stereocenters. The lowest BCUT2D eigenvalue weighted by Crippen LogP contribution is -2.06. The molecule has 1 N–H and O–H groups in total. The van der Waals surface area contributed by atoms with E-state index >= 15 is 0 Å². The Morgan fingerprint density at radius 2 is 1.88 bits per heavy atom. The quantitative estimate of drug-likeness (QED) is 0.183. The van der Waals surface area contributed by atoms with Gasteiger partial charge >= 0.3 is 5.97 Å². The molecule has 0 aliphatic carbocycles. The number of H-pyrrole nitrogens is 1. The highest BCUT2D eigenvalue weighted by molar-refractivity contribution is 6.02. The van der Waals surface area contributed by atoms with Gasteiger partial charge in [-0.25, -0.2) is 4.79 Å². The summed E-state index contributed by atoms with van der Waals surface area (Å²) in [5.74, 6) is -0.0576. The van der Waals surface area contributed by atoms with Crippen molar-refractivity contribution in [2.75, 3.05) is 0 Å². The predicted octanol–water partition coefficient (Wildman–Crippen LogP) is 5.90. The summed E-state index contributed by atoms with van der Waals surface area (Å²) in [6.45, 7) is 5.60. The molecule has 0 spiro atoms. The zero-order valence-corrected chi connectivity index (χ0v) is 17.6. The molecule has 3 aromatic carbocycles. The van der Waals surface area contributed by atoms with Crippen LogP contribution in [0.5, 0.6) is 5.75 Å². The van der Waals surface area contributed by atoms with Gasteiger partial charge in [-0.3, -0.25) is 5.10 Å². The maximum atomic E-state index is 12.0. The van der Waals surface area contributed by atoms with Crippen LogP contribution in [0.3, 0.4) is 0 Å². The van der Waals surface area contributed by atoms with Gasteiger partial charge in [0.05, 0.1) is 23.3 Å². The number of para-hydroxylation sites is 1. The summed E-state index contributed by atoms with van der Waals surface area (Å²) in [5.41, 5.74) is 6.33. The molecule has 32 heavy (non-hydrogen) atoms. The lowest BCUT2D eigenvalue weighted by atomic mass is 9.87. The average molecular weight is 419 g/mol. The van der Waals surface area contributed by atoms with E-state index in [1.54, 1.807) is 12.3 Å². The molecule has 0 saturated heterocycles. The SMILES string of the molecule is C=CC(=O)Oc1ccccc1/C(=C(\CC)c1ccc(C#N)cc1)c1ccc2[nH]ncc2c1. The molecule has 0 saturated carbocycles. The Morgan fingerprint density at radius 1 is 1.12 bits per heavy atom. The van der Waals surface area contributed by atoms with Gasteiger partial charge in [-0.15, -0.1) is 0 Å². The molecule has 156 valence electrons. The van der Waals surface area contributed by atoms with Crippen LogP contribution in [0.15, 0.2) is 85.6 Å². The molecule has 0 fully saturated rings. The van der Waals surface area contributed by atoms with E-state index < -0.39 is 5.97 Å². The highest BCUT2D eigenvalue weighted by Crippen LogP contribution is 2.39. The summed E-state index contributed by atoms with van der Waals surface area (Å²) in [6, 6.07) is 23.2. The van der Waals surface area contributed by atoms with Crippen LogP contribution in [0.25, 0.3) is 22.0 Å². The van der Waals surface area contributed by atoms with Crippen molar-refractivity contribution >= 4 is 28.0 Å². The lowest BCUT2D eigenvalue weighted by Gasteiger charge is -2.19. The maximum absolute atomic E-state index is 12.0. The number of hydrogen-bond acceptors (Lipinski definition) is 4. The number of esters is 1. The smallest absolute Gasteiger partial charge is 0.335 e. The Bertz CT molecular complexity index is 1370. The summed E-state index contributed by atoms with van der Waals surface area (Å²) in [4.78, 5) is 12.0. The Kier molecular flexibility index (Phi) is 5.96. The second-order valence-electron chi connectivity index (χ2n) is 7.19. The molecular formula is C27H21N3O2. The van der Waals surface area contributed by atoms with Crippen LogP contribution in [-0.4, -0.2) is 16.2 Å². The van der Waals surface area contributed by atoms with E-state index in [0.717, 1.165) is 51.2 Å². The number of allylic oxidation sites excluding steroid dienone is 1. The highest BCUT2D eigenvalue weighted by Gasteiger charge is 2.18. The first-order chi connectivity index (χ1) is 15.6. The number of nitrogens with zero attached hydrogens (tertiary/aromatic N) is 2. The van der Waals surface area contributed by atoms with Crippen molar-refractivity contribution in [1.82, 2.24) is 10.2 Å². The number of rotatable bonds is 6. The first kappa shape index (κ1) is 20.8. The van der Waals surface area contributed by atoms with Gasteiger partial charge in [-0.05, 0) is 59.0 Å². The van der Waals surface area contributed by atoms with E-state index in [-0.39, 0.29) is 0 Å². The molecule has 4 rings (SSSR count). The average Bonchev–Trinajstić information content (AvgIpc) is 3.31. The number of aromatic amines is 1. The van der Waals surface area contributed by atoms with Crippen molar-refractivity contribution < 1.29 is 9.53 Å². The van der Waals surface area contributed by atoms with Crippen molar-refractivity contribution in [2.45, 2.75) is 13.3 Å². The fourth-order valence-electron chi connectivity index (χ4n) is 3.77. The molecule has 0 atom stereocenters.